The number of benzene rings is 2. The smallest absolute Gasteiger partial charge is 0.330 e. The van der Waals surface area contributed by atoms with Gasteiger partial charge in [0, 0.05) is 25.2 Å². The van der Waals surface area contributed by atoms with Gasteiger partial charge in [0.25, 0.3) is 0 Å². The van der Waals surface area contributed by atoms with Crippen LogP contribution in [0.4, 0.5) is 0 Å². The molecule has 2 aromatic rings. The van der Waals surface area contributed by atoms with E-state index in [4.69, 9.17) is 23.7 Å². The Balaban J connectivity index is 2.01. The lowest BCUT2D eigenvalue weighted by molar-refractivity contribution is -0.139. The van der Waals surface area contributed by atoms with Crippen molar-refractivity contribution in [2.45, 2.75) is 33.1 Å². The maximum atomic E-state index is 11.8. The van der Waals surface area contributed by atoms with Crippen LogP contribution in [0, 0.1) is 0 Å². The van der Waals surface area contributed by atoms with Gasteiger partial charge in [0.1, 0.15) is 18.1 Å². The first-order chi connectivity index (χ1) is 16.1. The molecule has 0 aliphatic carbocycles. The first kappa shape index (κ1) is 26.1. The van der Waals surface area contributed by atoms with Crippen molar-refractivity contribution < 1.29 is 33.6 Å². The molecule has 7 nitrogen and oxygen atoms in total. The molecule has 0 radical (unpaired) electrons. The molecule has 0 bridgehead atoms. The summed E-state index contributed by atoms with van der Waals surface area (Å²) in [6, 6.07) is 10.5. The van der Waals surface area contributed by atoms with Crippen molar-refractivity contribution in [1.82, 2.24) is 0 Å². The fourth-order valence-electron chi connectivity index (χ4n) is 2.96. The third-order valence-electron chi connectivity index (χ3n) is 4.71. The largest absolute Gasteiger partial charge is 0.508 e. The molecule has 0 aliphatic rings. The Kier molecular flexibility index (Phi) is 11.7. The van der Waals surface area contributed by atoms with Gasteiger partial charge in [-0.05, 0) is 48.7 Å². The van der Waals surface area contributed by atoms with Crippen molar-refractivity contribution in [3.63, 3.8) is 0 Å². The molecular weight excluding hydrogens is 424 g/mol. The summed E-state index contributed by atoms with van der Waals surface area (Å²) in [4.78, 5) is 11.8. The maximum Gasteiger partial charge on any atom is 0.330 e. The number of hydrogen-bond acceptors (Lipinski definition) is 7. The monoisotopic (exact) mass is 458 g/mol. The zero-order chi connectivity index (χ0) is 23.9. The predicted molar refractivity (Wildman–Crippen MR) is 127 cm³/mol. The quantitative estimate of drug-likeness (QED) is 0.233. The number of esters is 1. The number of rotatable bonds is 15. The summed E-state index contributed by atoms with van der Waals surface area (Å²) >= 11 is 0. The van der Waals surface area contributed by atoms with Gasteiger partial charge in [0.15, 0.2) is 11.5 Å². The minimum Gasteiger partial charge on any atom is -0.508 e. The van der Waals surface area contributed by atoms with Crippen LogP contribution in [0.25, 0.3) is 6.08 Å². The van der Waals surface area contributed by atoms with Gasteiger partial charge in [-0.3, -0.25) is 0 Å². The summed E-state index contributed by atoms with van der Waals surface area (Å²) < 4.78 is 27.5. The summed E-state index contributed by atoms with van der Waals surface area (Å²) in [5, 5.41) is 9.61. The van der Waals surface area contributed by atoms with Gasteiger partial charge in [-0.1, -0.05) is 25.5 Å². The normalized spacial score (nSPS) is 10.9. The van der Waals surface area contributed by atoms with Gasteiger partial charge in [0.2, 0.25) is 0 Å². The van der Waals surface area contributed by atoms with E-state index in [0.29, 0.717) is 50.1 Å². The summed E-state index contributed by atoms with van der Waals surface area (Å²) in [5.74, 6) is 1.59. The van der Waals surface area contributed by atoms with Crippen molar-refractivity contribution >= 4 is 12.0 Å². The van der Waals surface area contributed by atoms with E-state index in [9.17, 15) is 9.90 Å². The Bertz CT molecular complexity index is 892. The van der Waals surface area contributed by atoms with E-state index in [1.807, 2.05) is 31.2 Å². The average molecular weight is 459 g/mol. The molecule has 0 heterocycles. The topological polar surface area (TPSA) is 83.5 Å². The second kappa shape index (κ2) is 14.8. The average Bonchev–Trinajstić information content (AvgIpc) is 2.82. The molecule has 0 spiro atoms. The number of aromatic hydroxyl groups is 1. The maximum absolute atomic E-state index is 11.8. The highest BCUT2D eigenvalue weighted by molar-refractivity contribution is 5.87. The molecule has 2 aromatic carbocycles. The van der Waals surface area contributed by atoms with Gasteiger partial charge < -0.3 is 28.8 Å². The number of ether oxygens (including phenoxy) is 5. The fourth-order valence-corrected chi connectivity index (χ4v) is 2.96. The fraction of sp³-hybridized carbons (Fsp3) is 0.423. The van der Waals surface area contributed by atoms with Gasteiger partial charge in [-0.2, -0.15) is 0 Å². The molecular formula is C26H34O7. The number of hydrogen-bond donors (Lipinski definition) is 1. The molecule has 0 aromatic heterocycles. The Morgan fingerprint density at radius 3 is 2.52 bits per heavy atom. The van der Waals surface area contributed by atoms with Crippen molar-refractivity contribution in [2.24, 2.45) is 0 Å². The highest BCUT2D eigenvalue weighted by atomic mass is 16.6. The van der Waals surface area contributed by atoms with Crippen molar-refractivity contribution in [3.8, 4) is 23.0 Å². The van der Waals surface area contributed by atoms with Crippen LogP contribution in [0.1, 0.15) is 37.8 Å². The molecule has 0 atom stereocenters. The second-order valence-corrected chi connectivity index (χ2v) is 7.20. The molecule has 0 fully saturated rings. The van der Waals surface area contributed by atoms with Crippen LogP contribution < -0.4 is 14.2 Å². The van der Waals surface area contributed by atoms with Crippen LogP contribution in [0.2, 0.25) is 0 Å². The third-order valence-corrected chi connectivity index (χ3v) is 4.71. The van der Waals surface area contributed by atoms with E-state index >= 15 is 0 Å². The van der Waals surface area contributed by atoms with Gasteiger partial charge >= 0.3 is 5.97 Å². The lowest BCUT2D eigenvalue weighted by Gasteiger charge is -2.14. The van der Waals surface area contributed by atoms with Crippen LogP contribution in [-0.4, -0.2) is 51.2 Å². The van der Waals surface area contributed by atoms with Crippen LogP contribution in [0.15, 0.2) is 42.5 Å². The first-order valence-electron chi connectivity index (χ1n) is 11.3. The molecule has 180 valence electrons. The standard InChI is InChI=1S/C26H34O7/c1-4-6-14-31-25-18-20(8-12-26(28)33-17-16-30-5-2)7-11-23(25)32-15-13-21-9-10-22(27)19-24(21)29-3/h7-12,18-19,27H,4-6,13-17H2,1-3H3/b12-8-. The van der Waals surface area contributed by atoms with Gasteiger partial charge in [-0.15, -0.1) is 0 Å². The molecule has 7 heteroatoms. The van der Waals surface area contributed by atoms with Gasteiger partial charge in [-0.25, -0.2) is 4.79 Å². The molecule has 33 heavy (non-hydrogen) atoms. The van der Waals surface area contributed by atoms with Crippen LogP contribution >= 0.6 is 0 Å². The highest BCUT2D eigenvalue weighted by Gasteiger charge is 2.09. The number of phenolic OH excluding ortho intramolecular Hbond substituents is 1. The summed E-state index contributed by atoms with van der Waals surface area (Å²) in [7, 11) is 1.57. The molecule has 0 saturated carbocycles. The first-order valence-corrected chi connectivity index (χ1v) is 11.3. The molecule has 0 saturated heterocycles. The minimum atomic E-state index is -0.425. The van der Waals surface area contributed by atoms with Crippen LogP contribution in [0.3, 0.4) is 0 Å². The van der Waals surface area contributed by atoms with E-state index in [0.717, 1.165) is 24.0 Å². The van der Waals surface area contributed by atoms with Crippen LogP contribution in [0.5, 0.6) is 23.0 Å². The highest BCUT2D eigenvalue weighted by Crippen LogP contribution is 2.30. The summed E-state index contributed by atoms with van der Waals surface area (Å²) in [6.07, 6.45) is 5.61. The lowest BCUT2D eigenvalue weighted by atomic mass is 10.1. The minimum absolute atomic E-state index is 0.157. The van der Waals surface area contributed by atoms with E-state index in [-0.39, 0.29) is 12.4 Å². The van der Waals surface area contributed by atoms with E-state index in [1.54, 1.807) is 25.3 Å². The molecule has 2 rings (SSSR count). The number of carbonyl (C=O) groups is 1. The zero-order valence-electron chi connectivity index (χ0n) is 19.7. The second-order valence-electron chi connectivity index (χ2n) is 7.20. The molecule has 0 amide bonds. The summed E-state index contributed by atoms with van der Waals surface area (Å²) in [6.45, 7) is 6.17. The predicted octanol–water partition coefficient (Wildman–Crippen LogP) is 4.79. The number of phenols is 1. The van der Waals surface area contributed by atoms with E-state index in [1.165, 1.54) is 6.08 Å². The van der Waals surface area contributed by atoms with Crippen molar-refractivity contribution in [1.29, 1.82) is 0 Å². The Morgan fingerprint density at radius 1 is 0.939 bits per heavy atom. The Hall–Kier alpha value is -3.19. The third kappa shape index (κ3) is 9.45. The van der Waals surface area contributed by atoms with Gasteiger partial charge in [0.05, 0.1) is 26.9 Å². The van der Waals surface area contributed by atoms with Crippen LogP contribution in [-0.2, 0) is 20.7 Å². The van der Waals surface area contributed by atoms with Crippen molar-refractivity contribution in [3.05, 3.63) is 53.6 Å². The SMILES string of the molecule is CCCCOc1cc(/C=C\C(=O)OCCOCC)ccc1OCCc1ccc(O)cc1OC. The Labute approximate surface area is 195 Å². The number of carbonyl (C=O) groups excluding carboxylic acids is 1. The van der Waals surface area contributed by atoms with Crippen molar-refractivity contribution in [2.75, 3.05) is 40.1 Å². The Morgan fingerprint density at radius 2 is 1.76 bits per heavy atom. The van der Waals surface area contributed by atoms with E-state index in [2.05, 4.69) is 6.92 Å². The van der Waals surface area contributed by atoms with E-state index < -0.39 is 5.97 Å². The molecule has 1 N–H and O–H groups in total. The lowest BCUT2D eigenvalue weighted by Crippen LogP contribution is -2.08. The number of methoxy groups -OCH3 is 1. The zero-order valence-corrected chi connectivity index (χ0v) is 19.7. The molecule has 0 aliphatic heterocycles. The number of unbranched alkanes of at least 4 members (excludes halogenated alkanes) is 1. The molecule has 0 unspecified atom stereocenters. The summed E-state index contributed by atoms with van der Waals surface area (Å²) in [5.41, 5.74) is 1.74.